The van der Waals surface area contributed by atoms with Crippen LogP contribution >= 0.6 is 0 Å². The van der Waals surface area contributed by atoms with Crippen LogP contribution in [0, 0.1) is 0 Å². The number of carbonyl (C=O) groups is 1. The zero-order valence-electron chi connectivity index (χ0n) is 12.5. The van der Waals surface area contributed by atoms with Gasteiger partial charge in [-0.3, -0.25) is 4.90 Å². The van der Waals surface area contributed by atoms with Crippen molar-refractivity contribution in [3.63, 3.8) is 0 Å². The van der Waals surface area contributed by atoms with Gasteiger partial charge >= 0.3 is 5.97 Å². The van der Waals surface area contributed by atoms with Crippen LogP contribution in [0.2, 0.25) is 0 Å². The fourth-order valence-corrected chi connectivity index (χ4v) is 2.37. The molecule has 2 unspecified atom stereocenters. The minimum atomic E-state index is -1.78. The second-order valence-electron chi connectivity index (χ2n) is 5.50. The summed E-state index contributed by atoms with van der Waals surface area (Å²) in [6.07, 6.45) is 0. The normalized spacial score (nSPS) is 16.0. The fraction of sp³-hybridized carbons (Fsp3) is 0.438. The number of aliphatic hydroxyl groups is 1. The van der Waals surface area contributed by atoms with Crippen molar-refractivity contribution in [2.75, 3.05) is 13.1 Å². The van der Waals surface area contributed by atoms with Crippen molar-refractivity contribution in [3.05, 3.63) is 36.1 Å². The number of rotatable bonds is 6. The number of carboxylic acids is 1. The molecule has 0 aliphatic rings. The molecular formula is C16H21NO4. The number of aliphatic carboxylic acids is 1. The third kappa shape index (κ3) is 3.25. The molecule has 114 valence electrons. The third-order valence-corrected chi connectivity index (χ3v) is 3.78. The van der Waals surface area contributed by atoms with Gasteiger partial charge in [-0.25, -0.2) is 4.79 Å². The Bertz CT molecular complexity index is 599. The number of nitrogens with zero attached hydrogens (tertiary/aromatic N) is 1. The predicted octanol–water partition coefficient (Wildman–Crippen LogP) is 2.65. The van der Waals surface area contributed by atoms with Crippen molar-refractivity contribution < 1.29 is 19.4 Å². The Morgan fingerprint density at radius 1 is 1.43 bits per heavy atom. The Hall–Kier alpha value is -1.85. The van der Waals surface area contributed by atoms with Crippen LogP contribution < -0.4 is 0 Å². The van der Waals surface area contributed by atoms with Gasteiger partial charge in [0.25, 0.3) is 0 Å². The zero-order valence-corrected chi connectivity index (χ0v) is 12.5. The molecule has 0 amide bonds. The van der Waals surface area contributed by atoms with Crippen LogP contribution in [0.5, 0.6) is 0 Å². The molecule has 21 heavy (non-hydrogen) atoms. The molecule has 2 N–H and O–H groups in total. The van der Waals surface area contributed by atoms with E-state index in [9.17, 15) is 9.90 Å². The lowest BCUT2D eigenvalue weighted by Gasteiger charge is -2.31. The van der Waals surface area contributed by atoms with Gasteiger partial charge < -0.3 is 14.6 Å². The van der Waals surface area contributed by atoms with Crippen molar-refractivity contribution >= 4 is 16.9 Å². The molecule has 1 aromatic heterocycles. The lowest BCUT2D eigenvalue weighted by molar-refractivity contribution is -0.159. The topological polar surface area (TPSA) is 73.9 Å². The first-order valence-corrected chi connectivity index (χ1v) is 7.03. The van der Waals surface area contributed by atoms with E-state index in [1.807, 2.05) is 49.1 Å². The molecule has 1 heterocycles. The Balaban J connectivity index is 2.23. The maximum Gasteiger partial charge on any atom is 0.336 e. The van der Waals surface area contributed by atoms with Crippen molar-refractivity contribution in [2.45, 2.75) is 32.4 Å². The second kappa shape index (κ2) is 5.87. The summed E-state index contributed by atoms with van der Waals surface area (Å²) in [5.41, 5.74) is -0.976. The molecule has 0 saturated heterocycles. The zero-order chi connectivity index (χ0) is 15.6. The highest BCUT2D eigenvalue weighted by Gasteiger charge is 2.34. The van der Waals surface area contributed by atoms with Crippen LogP contribution in [0.4, 0.5) is 0 Å². The van der Waals surface area contributed by atoms with Crippen molar-refractivity contribution in [2.24, 2.45) is 0 Å². The Labute approximate surface area is 123 Å². The standard InChI is InChI=1S/C16H21NO4/c1-4-17(10-16(3,20)15(18)19)11(2)14-9-12-7-5-6-8-13(12)21-14/h5-9,11,20H,4,10H2,1-3H3,(H,18,19). The average molecular weight is 291 g/mol. The maximum absolute atomic E-state index is 11.1. The maximum atomic E-state index is 11.1. The largest absolute Gasteiger partial charge is 0.479 e. The van der Waals surface area contributed by atoms with E-state index in [4.69, 9.17) is 9.52 Å². The van der Waals surface area contributed by atoms with Gasteiger partial charge in [0.15, 0.2) is 5.60 Å². The first-order valence-electron chi connectivity index (χ1n) is 7.03. The molecule has 0 radical (unpaired) electrons. The van der Waals surface area contributed by atoms with Gasteiger partial charge in [0.2, 0.25) is 0 Å². The van der Waals surface area contributed by atoms with Gasteiger partial charge in [-0.05, 0) is 32.5 Å². The summed E-state index contributed by atoms with van der Waals surface area (Å²) >= 11 is 0. The van der Waals surface area contributed by atoms with E-state index in [2.05, 4.69) is 0 Å². The number of hydrogen-bond acceptors (Lipinski definition) is 4. The first-order chi connectivity index (χ1) is 9.85. The van der Waals surface area contributed by atoms with E-state index in [1.54, 1.807) is 0 Å². The number of benzene rings is 1. The number of para-hydroxylation sites is 1. The Morgan fingerprint density at radius 3 is 2.67 bits per heavy atom. The summed E-state index contributed by atoms with van der Waals surface area (Å²) in [6.45, 7) is 5.83. The number of furan rings is 1. The van der Waals surface area contributed by atoms with Gasteiger partial charge in [0, 0.05) is 11.9 Å². The van der Waals surface area contributed by atoms with Gasteiger partial charge in [-0.15, -0.1) is 0 Å². The molecule has 1 aromatic carbocycles. The molecule has 5 heteroatoms. The second-order valence-corrected chi connectivity index (χ2v) is 5.50. The number of carboxylic acid groups (broad SMARTS) is 1. The molecule has 5 nitrogen and oxygen atoms in total. The summed E-state index contributed by atoms with van der Waals surface area (Å²) in [5, 5.41) is 20.0. The Kier molecular flexibility index (Phi) is 4.34. The lowest BCUT2D eigenvalue weighted by Crippen LogP contribution is -2.47. The first kappa shape index (κ1) is 15.5. The minimum Gasteiger partial charge on any atom is -0.479 e. The van der Waals surface area contributed by atoms with Crippen LogP contribution in [0.3, 0.4) is 0 Å². The van der Waals surface area contributed by atoms with E-state index in [0.29, 0.717) is 6.54 Å². The molecule has 2 rings (SSSR count). The quantitative estimate of drug-likeness (QED) is 0.856. The molecule has 0 aliphatic carbocycles. The van der Waals surface area contributed by atoms with Crippen molar-refractivity contribution in [3.8, 4) is 0 Å². The molecular weight excluding hydrogens is 270 g/mol. The van der Waals surface area contributed by atoms with Crippen molar-refractivity contribution in [1.29, 1.82) is 0 Å². The van der Waals surface area contributed by atoms with Gasteiger partial charge in [-0.1, -0.05) is 25.1 Å². The molecule has 0 aliphatic heterocycles. The highest BCUT2D eigenvalue weighted by molar-refractivity contribution is 5.78. The van der Waals surface area contributed by atoms with Crippen LogP contribution in [0.1, 0.15) is 32.6 Å². The van der Waals surface area contributed by atoms with E-state index in [1.165, 1.54) is 6.92 Å². The molecule has 2 atom stereocenters. The number of hydrogen-bond donors (Lipinski definition) is 2. The smallest absolute Gasteiger partial charge is 0.336 e. The molecule has 0 spiro atoms. The Morgan fingerprint density at radius 2 is 2.10 bits per heavy atom. The predicted molar refractivity (Wildman–Crippen MR) is 80.1 cm³/mol. The minimum absolute atomic E-state index is 0.0387. The van der Waals surface area contributed by atoms with Gasteiger partial charge in [0.1, 0.15) is 11.3 Å². The van der Waals surface area contributed by atoms with Crippen LogP contribution in [-0.4, -0.2) is 39.8 Å². The van der Waals surface area contributed by atoms with Gasteiger partial charge in [-0.2, -0.15) is 0 Å². The molecule has 2 aromatic rings. The third-order valence-electron chi connectivity index (χ3n) is 3.78. The van der Waals surface area contributed by atoms with Crippen LogP contribution in [0.15, 0.2) is 34.7 Å². The lowest BCUT2D eigenvalue weighted by atomic mass is 10.1. The van der Waals surface area contributed by atoms with E-state index < -0.39 is 11.6 Å². The average Bonchev–Trinajstić information content (AvgIpc) is 2.87. The summed E-state index contributed by atoms with van der Waals surface area (Å²) in [5.74, 6) is -0.461. The number of fused-ring (bicyclic) bond motifs is 1. The monoisotopic (exact) mass is 291 g/mol. The molecule has 0 fully saturated rings. The summed E-state index contributed by atoms with van der Waals surface area (Å²) < 4.78 is 5.82. The van der Waals surface area contributed by atoms with E-state index in [0.717, 1.165) is 16.7 Å². The SMILES string of the molecule is CCN(CC(C)(O)C(=O)O)C(C)c1cc2ccccc2o1. The molecule has 0 bridgehead atoms. The number of likely N-dealkylation sites (N-methyl/N-ethyl adjacent to an activating group) is 1. The molecule has 0 saturated carbocycles. The van der Waals surface area contributed by atoms with Crippen LogP contribution in [-0.2, 0) is 4.79 Å². The van der Waals surface area contributed by atoms with E-state index >= 15 is 0 Å². The summed E-state index contributed by atoms with van der Waals surface area (Å²) in [4.78, 5) is 13.0. The summed E-state index contributed by atoms with van der Waals surface area (Å²) in [6, 6.07) is 9.56. The van der Waals surface area contributed by atoms with E-state index in [-0.39, 0.29) is 12.6 Å². The van der Waals surface area contributed by atoms with Crippen LogP contribution in [0.25, 0.3) is 11.0 Å². The fourth-order valence-electron chi connectivity index (χ4n) is 2.37. The van der Waals surface area contributed by atoms with Crippen molar-refractivity contribution in [1.82, 2.24) is 4.90 Å². The summed E-state index contributed by atoms with van der Waals surface area (Å²) in [7, 11) is 0. The van der Waals surface area contributed by atoms with Gasteiger partial charge in [0.05, 0.1) is 6.04 Å². The highest BCUT2D eigenvalue weighted by atomic mass is 16.4. The highest BCUT2D eigenvalue weighted by Crippen LogP contribution is 2.28.